The van der Waals surface area contributed by atoms with E-state index in [9.17, 15) is 21.0 Å². The largest absolute Gasteiger partial charge is 0.455 e. The van der Waals surface area contributed by atoms with Crippen LogP contribution in [0.5, 0.6) is 0 Å². The number of rotatable bonds is 8. The van der Waals surface area contributed by atoms with Crippen molar-refractivity contribution in [3.05, 3.63) is 356 Å². The Labute approximate surface area is 669 Å². The third kappa shape index (κ3) is 8.97. The van der Waals surface area contributed by atoms with E-state index in [2.05, 4.69) is 302 Å². The van der Waals surface area contributed by atoms with Crippen molar-refractivity contribution in [3.8, 4) is 86.1 Å². The van der Waals surface area contributed by atoms with Gasteiger partial charge in [-0.1, -0.05) is 158 Å². The maximum absolute atomic E-state index is 11.8. The van der Waals surface area contributed by atoms with E-state index in [0.717, 1.165) is 214 Å². The molecule has 25 aromatic rings. The van der Waals surface area contributed by atoms with Gasteiger partial charge in [-0.3, -0.25) is 0 Å². The summed E-state index contributed by atoms with van der Waals surface area (Å²) in [7, 11) is 0. The first-order valence-corrected chi connectivity index (χ1v) is 39.2. The lowest BCUT2D eigenvalue weighted by molar-refractivity contribution is 0.671. The Kier molecular flexibility index (Phi) is 13.3. The first-order chi connectivity index (χ1) is 58.3. The molecular weight excluding hydrogens is 1450 g/mol. The number of hydrogen-bond acceptors (Lipinski definition) is 7. The number of nitriles is 4. The summed E-state index contributed by atoms with van der Waals surface area (Å²) in [6.45, 7) is 0. The maximum Gasteiger partial charge on any atom is 0.160 e. The molecule has 0 aliphatic heterocycles. The normalized spacial score (nSPS) is 12.0. The number of furan rings is 3. The minimum atomic E-state index is 0.379. The van der Waals surface area contributed by atoms with Crippen LogP contribution in [0.2, 0.25) is 0 Å². The topological polar surface area (TPSA) is 159 Å². The Morgan fingerprint density at radius 3 is 1.11 bits per heavy atom. The molecule has 12 heteroatoms. The molecule has 25 rings (SSSR count). The molecule has 8 aromatic heterocycles. The smallest absolute Gasteiger partial charge is 0.160 e. The van der Waals surface area contributed by atoms with Crippen molar-refractivity contribution in [1.82, 2.24) is 22.8 Å². The van der Waals surface area contributed by atoms with Crippen LogP contribution in [0, 0.1) is 45.3 Å². The first kappa shape index (κ1) is 64.7. The molecule has 0 amide bonds. The van der Waals surface area contributed by atoms with Crippen molar-refractivity contribution in [2.45, 2.75) is 0 Å². The molecule has 118 heavy (non-hydrogen) atoms. The van der Waals surface area contributed by atoms with E-state index < -0.39 is 0 Å². The molecule has 542 valence electrons. The van der Waals surface area contributed by atoms with Crippen molar-refractivity contribution >= 4 is 175 Å². The van der Waals surface area contributed by atoms with Crippen molar-refractivity contribution in [2.75, 3.05) is 0 Å². The van der Waals surface area contributed by atoms with Crippen LogP contribution in [0.4, 0.5) is 0 Å². The second-order valence-corrected chi connectivity index (χ2v) is 30.6. The van der Waals surface area contributed by atoms with Crippen LogP contribution in [0.3, 0.4) is 0 Å². The van der Waals surface area contributed by atoms with E-state index >= 15 is 0 Å². The Bertz CT molecular complexity index is 9010. The van der Waals surface area contributed by atoms with Crippen molar-refractivity contribution in [2.24, 2.45) is 0 Å². The predicted molar refractivity (Wildman–Crippen MR) is 475 cm³/mol. The summed E-state index contributed by atoms with van der Waals surface area (Å²) >= 11 is 0. The highest BCUT2D eigenvalue weighted by atomic mass is 16.3. The van der Waals surface area contributed by atoms with Gasteiger partial charge in [0.1, 0.15) is 46.1 Å². The molecule has 12 nitrogen and oxygen atoms in total. The molecule has 0 fully saturated rings. The molecule has 0 spiro atoms. The molecular formula is C106H55N9O3. The molecule has 0 atom stereocenters. The van der Waals surface area contributed by atoms with Crippen LogP contribution in [0.25, 0.3) is 237 Å². The lowest BCUT2D eigenvalue weighted by Gasteiger charge is -2.19. The number of benzene rings is 17. The van der Waals surface area contributed by atoms with Crippen LogP contribution < -0.4 is 0 Å². The van der Waals surface area contributed by atoms with Crippen molar-refractivity contribution in [3.63, 3.8) is 0 Å². The van der Waals surface area contributed by atoms with Gasteiger partial charge in [-0.25, -0.2) is 0 Å². The van der Waals surface area contributed by atoms with E-state index in [1.54, 1.807) is 24.3 Å². The molecule has 8 heterocycles. The van der Waals surface area contributed by atoms with Crippen molar-refractivity contribution < 1.29 is 13.3 Å². The minimum Gasteiger partial charge on any atom is -0.455 e. The maximum atomic E-state index is 11.8. The fraction of sp³-hybridized carbons (Fsp3) is 0. The predicted octanol–water partition coefficient (Wildman–Crippen LogP) is 27.4. The van der Waals surface area contributed by atoms with E-state index in [1.165, 1.54) is 0 Å². The summed E-state index contributed by atoms with van der Waals surface area (Å²) < 4.78 is 32.2. The zero-order chi connectivity index (χ0) is 77.9. The quantitative estimate of drug-likeness (QED) is 0.146. The molecule has 0 saturated heterocycles. The zero-order valence-corrected chi connectivity index (χ0v) is 62.5. The van der Waals surface area contributed by atoms with Gasteiger partial charge in [0.05, 0.1) is 111 Å². The first-order valence-electron chi connectivity index (χ1n) is 39.2. The van der Waals surface area contributed by atoms with Crippen LogP contribution in [0.15, 0.2) is 347 Å². The van der Waals surface area contributed by atoms with E-state index in [4.69, 9.17) is 13.3 Å². The molecule has 0 saturated carbocycles. The summed E-state index contributed by atoms with van der Waals surface area (Å²) in [5.41, 5.74) is 25.4. The molecule has 0 N–H and O–H groups in total. The number of aromatic nitrogens is 5. The van der Waals surface area contributed by atoms with Gasteiger partial charge in [-0.15, -0.1) is 0 Å². The fourth-order valence-electron chi connectivity index (χ4n) is 19.5. The van der Waals surface area contributed by atoms with E-state index in [0.29, 0.717) is 44.9 Å². The highest BCUT2D eigenvalue weighted by Gasteiger charge is 2.30. The SMILES string of the molecule is N#Cc1ccc(-n2c3ccccc3c3ccc4c5ccc(-c6ccc(-n7c8ccccc8c8cc(-c9ccc%10c(c9)c9c%11oc%12ccccc%12c%11ccc9n%10-c9c(C#N)ccc(C#N)c9-n9c%10ccc(-c%11ccc%12c(c%11)c%11ccccc%11n%12-c%11ccccc%11)cc%10c%10c%11oc%12ccccc%12c%11ccc%109)ccc87)cc6)cc5oc4c32)c(C#N)c1. The van der Waals surface area contributed by atoms with Gasteiger partial charge in [-0.2, -0.15) is 21.0 Å². The van der Waals surface area contributed by atoms with Gasteiger partial charge in [0, 0.05) is 86.8 Å². The van der Waals surface area contributed by atoms with Gasteiger partial charge in [0.25, 0.3) is 0 Å². The highest BCUT2D eigenvalue weighted by Crippen LogP contribution is 2.50. The minimum absolute atomic E-state index is 0.379. The number of hydrogen-bond donors (Lipinski definition) is 0. The van der Waals surface area contributed by atoms with Crippen LogP contribution >= 0.6 is 0 Å². The summed E-state index contributed by atoms with van der Waals surface area (Å²) in [6.07, 6.45) is 0. The molecule has 0 aliphatic carbocycles. The lowest BCUT2D eigenvalue weighted by Crippen LogP contribution is -2.08. The Morgan fingerprint density at radius 1 is 0.212 bits per heavy atom. The summed E-state index contributed by atoms with van der Waals surface area (Å²) in [6, 6.07) is 126. The third-order valence-electron chi connectivity index (χ3n) is 24.6. The molecule has 17 aromatic carbocycles. The number of nitrogens with zero attached hydrogens (tertiary/aromatic N) is 9. The Hall–Kier alpha value is -16.9. The van der Waals surface area contributed by atoms with Gasteiger partial charge in [0.15, 0.2) is 5.58 Å². The fourth-order valence-corrected chi connectivity index (χ4v) is 19.5. The van der Waals surface area contributed by atoms with Crippen LogP contribution in [-0.4, -0.2) is 22.8 Å². The Morgan fingerprint density at radius 2 is 0.585 bits per heavy atom. The Balaban J connectivity index is 0.639. The van der Waals surface area contributed by atoms with Gasteiger partial charge >= 0.3 is 0 Å². The van der Waals surface area contributed by atoms with E-state index in [-0.39, 0.29) is 0 Å². The molecule has 0 radical (unpaired) electrons. The second-order valence-electron chi connectivity index (χ2n) is 30.6. The van der Waals surface area contributed by atoms with Gasteiger partial charge in [-0.05, 0) is 209 Å². The highest BCUT2D eigenvalue weighted by molar-refractivity contribution is 6.28. The average molecular weight is 1500 g/mol. The molecule has 0 unspecified atom stereocenters. The van der Waals surface area contributed by atoms with Crippen molar-refractivity contribution in [1.29, 1.82) is 21.0 Å². The number of fused-ring (bicyclic) bond motifs is 27. The summed E-state index contributed by atoms with van der Waals surface area (Å²) in [5.74, 6) is 0. The monoisotopic (exact) mass is 1500 g/mol. The lowest BCUT2D eigenvalue weighted by atomic mass is 10.00. The average Bonchev–Trinajstić information content (AvgIpc) is 1.62. The molecule has 0 aliphatic rings. The zero-order valence-electron chi connectivity index (χ0n) is 62.5. The van der Waals surface area contributed by atoms with Crippen LogP contribution in [0.1, 0.15) is 22.3 Å². The summed E-state index contributed by atoms with van der Waals surface area (Å²) in [4.78, 5) is 0. The van der Waals surface area contributed by atoms with Gasteiger partial charge in [0.2, 0.25) is 0 Å². The van der Waals surface area contributed by atoms with Crippen LogP contribution in [-0.2, 0) is 0 Å². The van der Waals surface area contributed by atoms with E-state index in [1.807, 2.05) is 54.6 Å². The number of para-hydroxylation sites is 6. The molecule has 0 bridgehead atoms. The summed E-state index contributed by atoms with van der Waals surface area (Å²) in [5, 5.41) is 59.7. The third-order valence-corrected chi connectivity index (χ3v) is 24.6. The van der Waals surface area contributed by atoms with Gasteiger partial charge < -0.3 is 36.1 Å². The standard InChI is InChI=1S/C106H55N9O3/c107-56-60-26-43-86(69(50-60)59-110)113-89-23-11-4-16-72(89)78-39-40-81-77-38-31-66(55-98(77)118-106(81)103(78)113)61-29-36-71(37-30-61)112-88-22-10-6-18-74(88)83-52-63(33-45-91(83)112)65-35-47-93-85(54-65)100-95(49-42-80-76-20-8-13-25-97(76)117-105(80)100)115(93)102-68(58-109)28-27-67(57-108)101(102)114-92-46-34-64(53-84(92)99-94(114)48-41-79-75-19-7-12-24-96(75)116-104(79)99)62-32-44-90-82(51-62)73-17-5-9-21-87(73)111(90)70-14-2-1-3-15-70/h1-55H. The second kappa shape index (κ2) is 24.3.